The SMILES string of the molecule is O=C1CC(C(=O)NC(c2ccccc2)c2ccc(Cl)cc2)c2ccccc2N1. The van der Waals surface area contributed by atoms with Gasteiger partial charge in [0.1, 0.15) is 0 Å². The van der Waals surface area contributed by atoms with E-state index in [0.29, 0.717) is 10.7 Å². The van der Waals surface area contributed by atoms with Crippen molar-refractivity contribution in [1.82, 2.24) is 5.32 Å². The van der Waals surface area contributed by atoms with Gasteiger partial charge in [0.2, 0.25) is 11.8 Å². The van der Waals surface area contributed by atoms with Crippen molar-refractivity contribution >= 4 is 29.1 Å². The predicted molar refractivity (Wildman–Crippen MR) is 110 cm³/mol. The smallest absolute Gasteiger partial charge is 0.228 e. The van der Waals surface area contributed by atoms with Crippen molar-refractivity contribution in [2.45, 2.75) is 18.4 Å². The Labute approximate surface area is 168 Å². The van der Waals surface area contributed by atoms with Crippen LogP contribution >= 0.6 is 11.6 Å². The largest absolute Gasteiger partial charge is 0.345 e. The van der Waals surface area contributed by atoms with E-state index in [0.717, 1.165) is 16.7 Å². The van der Waals surface area contributed by atoms with Crippen LogP contribution in [0.25, 0.3) is 0 Å². The van der Waals surface area contributed by atoms with Crippen LogP contribution in [0.5, 0.6) is 0 Å². The van der Waals surface area contributed by atoms with E-state index >= 15 is 0 Å². The highest BCUT2D eigenvalue weighted by molar-refractivity contribution is 6.30. The number of benzene rings is 3. The van der Waals surface area contributed by atoms with Gasteiger partial charge < -0.3 is 10.6 Å². The van der Waals surface area contributed by atoms with Crippen LogP contribution in [-0.2, 0) is 9.59 Å². The summed E-state index contributed by atoms with van der Waals surface area (Å²) >= 11 is 6.03. The molecule has 0 radical (unpaired) electrons. The Morgan fingerprint density at radius 2 is 1.57 bits per heavy atom. The molecule has 1 heterocycles. The first-order chi connectivity index (χ1) is 13.6. The summed E-state index contributed by atoms with van der Waals surface area (Å²) < 4.78 is 0. The van der Waals surface area contributed by atoms with Crippen molar-refractivity contribution in [2.75, 3.05) is 5.32 Å². The fraction of sp³-hybridized carbons (Fsp3) is 0.130. The minimum absolute atomic E-state index is 0.130. The number of fused-ring (bicyclic) bond motifs is 1. The van der Waals surface area contributed by atoms with Crippen molar-refractivity contribution in [3.8, 4) is 0 Å². The van der Waals surface area contributed by atoms with Crippen LogP contribution in [0, 0.1) is 0 Å². The first-order valence-electron chi connectivity index (χ1n) is 9.11. The fourth-order valence-electron chi connectivity index (χ4n) is 3.55. The molecular weight excluding hydrogens is 372 g/mol. The van der Waals surface area contributed by atoms with Gasteiger partial charge in [-0.25, -0.2) is 0 Å². The highest BCUT2D eigenvalue weighted by atomic mass is 35.5. The molecule has 1 aliphatic rings. The molecule has 1 aliphatic heterocycles. The summed E-state index contributed by atoms with van der Waals surface area (Å²) in [6.07, 6.45) is 0.130. The number of halogens is 1. The van der Waals surface area contributed by atoms with E-state index in [2.05, 4.69) is 10.6 Å². The van der Waals surface area contributed by atoms with Crippen LogP contribution in [0.3, 0.4) is 0 Å². The second kappa shape index (κ2) is 7.87. The Hall–Kier alpha value is -3.11. The number of hydrogen-bond donors (Lipinski definition) is 2. The molecule has 0 bridgehead atoms. The van der Waals surface area contributed by atoms with Crippen molar-refractivity contribution < 1.29 is 9.59 Å². The van der Waals surface area contributed by atoms with Gasteiger partial charge in [0, 0.05) is 17.1 Å². The Balaban J connectivity index is 1.66. The van der Waals surface area contributed by atoms with Crippen LogP contribution in [0.4, 0.5) is 5.69 Å². The zero-order valence-electron chi connectivity index (χ0n) is 15.1. The molecule has 28 heavy (non-hydrogen) atoms. The highest BCUT2D eigenvalue weighted by Gasteiger charge is 2.32. The summed E-state index contributed by atoms with van der Waals surface area (Å²) in [6.45, 7) is 0. The lowest BCUT2D eigenvalue weighted by atomic mass is 9.89. The number of para-hydroxylation sites is 1. The van der Waals surface area contributed by atoms with E-state index in [1.807, 2.05) is 78.9 Å². The van der Waals surface area contributed by atoms with Gasteiger partial charge in [0.25, 0.3) is 0 Å². The lowest BCUT2D eigenvalue weighted by Crippen LogP contribution is -2.37. The van der Waals surface area contributed by atoms with E-state index in [1.54, 1.807) is 0 Å². The van der Waals surface area contributed by atoms with E-state index < -0.39 is 5.92 Å². The Morgan fingerprint density at radius 1 is 0.929 bits per heavy atom. The third kappa shape index (κ3) is 3.78. The Kier molecular flexibility index (Phi) is 5.13. The van der Waals surface area contributed by atoms with Gasteiger partial charge in [-0.2, -0.15) is 0 Å². The number of rotatable bonds is 4. The molecule has 0 aliphatic carbocycles. The second-order valence-electron chi connectivity index (χ2n) is 6.80. The van der Waals surface area contributed by atoms with Gasteiger partial charge in [0.15, 0.2) is 0 Å². The summed E-state index contributed by atoms with van der Waals surface area (Å²) in [7, 11) is 0. The van der Waals surface area contributed by atoms with Crippen molar-refractivity contribution in [1.29, 1.82) is 0 Å². The molecular formula is C23H19ClN2O2. The number of nitrogens with one attached hydrogen (secondary N) is 2. The summed E-state index contributed by atoms with van der Waals surface area (Å²) in [5, 5.41) is 6.61. The highest BCUT2D eigenvalue weighted by Crippen LogP contribution is 2.33. The van der Waals surface area contributed by atoms with E-state index in [4.69, 9.17) is 11.6 Å². The molecule has 0 saturated heterocycles. The van der Waals surface area contributed by atoms with Gasteiger partial charge in [0.05, 0.1) is 12.0 Å². The molecule has 2 atom stereocenters. The van der Waals surface area contributed by atoms with Gasteiger partial charge in [-0.15, -0.1) is 0 Å². The molecule has 4 nitrogen and oxygen atoms in total. The van der Waals surface area contributed by atoms with Gasteiger partial charge in [-0.1, -0.05) is 72.3 Å². The molecule has 0 spiro atoms. The van der Waals surface area contributed by atoms with Crippen LogP contribution in [0.15, 0.2) is 78.9 Å². The molecule has 2 N–H and O–H groups in total. The van der Waals surface area contributed by atoms with Gasteiger partial charge >= 0.3 is 0 Å². The summed E-state index contributed by atoms with van der Waals surface area (Å²) in [4.78, 5) is 25.3. The van der Waals surface area contributed by atoms with E-state index in [1.165, 1.54) is 0 Å². The van der Waals surface area contributed by atoms with Crippen molar-refractivity contribution in [2.24, 2.45) is 0 Å². The molecule has 140 valence electrons. The third-order valence-corrected chi connectivity index (χ3v) is 5.19. The van der Waals surface area contributed by atoms with Gasteiger partial charge in [-0.05, 0) is 34.9 Å². The van der Waals surface area contributed by atoms with Crippen molar-refractivity contribution in [3.63, 3.8) is 0 Å². The molecule has 2 amide bonds. The monoisotopic (exact) mass is 390 g/mol. The maximum absolute atomic E-state index is 13.2. The van der Waals surface area contributed by atoms with E-state index in [9.17, 15) is 9.59 Å². The minimum Gasteiger partial charge on any atom is -0.345 e. The summed E-state index contributed by atoms with van der Waals surface area (Å²) in [6, 6.07) is 24.3. The molecule has 3 aromatic rings. The predicted octanol–water partition coefficient (Wildman–Crippen LogP) is 4.67. The number of carbonyl (C=O) groups excluding carboxylic acids is 2. The molecule has 5 heteroatoms. The summed E-state index contributed by atoms with van der Waals surface area (Å²) in [5.74, 6) is -0.851. The van der Waals surface area contributed by atoms with Crippen LogP contribution in [0.1, 0.15) is 35.1 Å². The van der Waals surface area contributed by atoms with Crippen LogP contribution < -0.4 is 10.6 Å². The fourth-order valence-corrected chi connectivity index (χ4v) is 3.67. The zero-order chi connectivity index (χ0) is 19.5. The van der Waals surface area contributed by atoms with Crippen molar-refractivity contribution in [3.05, 3.63) is 101 Å². The van der Waals surface area contributed by atoms with Crippen LogP contribution in [-0.4, -0.2) is 11.8 Å². The molecule has 2 unspecified atom stereocenters. The van der Waals surface area contributed by atoms with E-state index in [-0.39, 0.29) is 24.3 Å². The summed E-state index contributed by atoms with van der Waals surface area (Å²) in [5.41, 5.74) is 3.42. The van der Waals surface area contributed by atoms with Crippen LogP contribution in [0.2, 0.25) is 5.02 Å². The normalized spacial score (nSPS) is 16.6. The quantitative estimate of drug-likeness (QED) is 0.680. The second-order valence-corrected chi connectivity index (χ2v) is 7.23. The minimum atomic E-state index is -0.525. The average molecular weight is 391 g/mol. The lowest BCUT2D eigenvalue weighted by molar-refractivity contribution is -0.126. The number of amides is 2. The molecule has 0 aromatic heterocycles. The third-order valence-electron chi connectivity index (χ3n) is 4.94. The van der Waals surface area contributed by atoms with Gasteiger partial charge in [-0.3, -0.25) is 9.59 Å². The molecule has 4 rings (SSSR count). The zero-order valence-corrected chi connectivity index (χ0v) is 15.8. The number of anilines is 1. The average Bonchev–Trinajstić information content (AvgIpc) is 2.72. The molecule has 3 aromatic carbocycles. The topological polar surface area (TPSA) is 58.2 Å². The first-order valence-corrected chi connectivity index (χ1v) is 9.49. The standard InChI is InChI=1S/C23H19ClN2O2/c24-17-12-10-16(11-13-17)22(15-6-2-1-3-7-15)26-23(28)19-14-21(27)25-20-9-5-4-8-18(19)20/h1-13,19,22H,14H2,(H,25,27)(H,26,28). The number of carbonyl (C=O) groups is 2. The maximum atomic E-state index is 13.2. The number of hydrogen-bond acceptors (Lipinski definition) is 2. The molecule has 0 saturated carbocycles. The Bertz CT molecular complexity index is 1000. The first kappa shape index (κ1) is 18.3. The molecule has 0 fully saturated rings. The lowest BCUT2D eigenvalue weighted by Gasteiger charge is -2.27. The Morgan fingerprint density at radius 3 is 2.32 bits per heavy atom. The maximum Gasteiger partial charge on any atom is 0.228 e.